The first kappa shape index (κ1) is 18.8. The van der Waals surface area contributed by atoms with Gasteiger partial charge >= 0.3 is 5.97 Å². The number of carbonyl (C=O) groups is 1. The Balaban J connectivity index is 1.66. The Morgan fingerprint density at radius 1 is 1.07 bits per heavy atom. The van der Waals surface area contributed by atoms with Crippen molar-refractivity contribution in [3.05, 3.63) is 94.0 Å². The van der Waals surface area contributed by atoms with Crippen molar-refractivity contribution in [1.82, 2.24) is 0 Å². The summed E-state index contributed by atoms with van der Waals surface area (Å²) in [6.45, 7) is 3.09. The van der Waals surface area contributed by atoms with E-state index in [1.165, 1.54) is 11.6 Å². The Morgan fingerprint density at radius 2 is 1.81 bits per heavy atom. The monoisotopic (exact) mass is 381 g/mol. The summed E-state index contributed by atoms with van der Waals surface area (Å²) < 4.78 is 5.98. The zero-order chi connectivity index (χ0) is 19.2. The predicted molar refractivity (Wildman–Crippen MR) is 108 cm³/mol. The lowest BCUT2D eigenvalue weighted by atomic mass is 10.1. The lowest BCUT2D eigenvalue weighted by molar-refractivity contribution is 0.0697. The van der Waals surface area contributed by atoms with Gasteiger partial charge in [-0.25, -0.2) is 4.79 Å². The van der Waals surface area contributed by atoms with E-state index < -0.39 is 5.97 Å². The third-order valence-corrected chi connectivity index (χ3v) is 4.48. The number of halogens is 1. The van der Waals surface area contributed by atoms with E-state index in [2.05, 4.69) is 36.5 Å². The van der Waals surface area contributed by atoms with Crippen molar-refractivity contribution in [3.63, 3.8) is 0 Å². The second-order valence-corrected chi connectivity index (χ2v) is 6.64. The minimum atomic E-state index is -1.04. The molecule has 27 heavy (non-hydrogen) atoms. The van der Waals surface area contributed by atoms with Crippen molar-refractivity contribution in [2.75, 3.05) is 5.32 Å². The molecule has 3 aromatic rings. The minimum Gasteiger partial charge on any atom is -0.489 e. The van der Waals surface area contributed by atoms with Crippen LogP contribution in [0.15, 0.2) is 66.7 Å². The van der Waals surface area contributed by atoms with Crippen LogP contribution in [-0.4, -0.2) is 11.1 Å². The van der Waals surface area contributed by atoms with Gasteiger partial charge in [-0.05, 0) is 36.8 Å². The van der Waals surface area contributed by atoms with Gasteiger partial charge in [-0.15, -0.1) is 0 Å². The highest BCUT2D eigenvalue weighted by Gasteiger charge is 2.09. The van der Waals surface area contributed by atoms with Gasteiger partial charge in [-0.2, -0.15) is 0 Å². The molecule has 0 spiro atoms. The lowest BCUT2D eigenvalue weighted by Gasteiger charge is -2.13. The van der Waals surface area contributed by atoms with Crippen LogP contribution >= 0.6 is 11.6 Å². The molecule has 0 fully saturated rings. The first-order valence-electron chi connectivity index (χ1n) is 8.56. The zero-order valence-electron chi connectivity index (χ0n) is 14.9. The summed E-state index contributed by atoms with van der Waals surface area (Å²) in [5.41, 5.74) is 4.17. The fraction of sp³-hybridized carbons (Fsp3) is 0.136. The Hall–Kier alpha value is -2.98. The summed E-state index contributed by atoms with van der Waals surface area (Å²) in [6, 6.07) is 20.9. The van der Waals surface area contributed by atoms with Crippen molar-refractivity contribution in [3.8, 4) is 5.75 Å². The van der Waals surface area contributed by atoms with Crippen LogP contribution in [0, 0.1) is 6.92 Å². The molecule has 0 aromatic heterocycles. The number of carboxylic acids is 1. The number of aryl methyl sites for hydroxylation is 1. The molecule has 0 bridgehead atoms. The molecule has 3 rings (SSSR count). The van der Waals surface area contributed by atoms with Crippen LogP contribution in [0.4, 0.5) is 5.69 Å². The minimum absolute atomic E-state index is 0.0871. The van der Waals surface area contributed by atoms with E-state index >= 15 is 0 Å². The third-order valence-electron chi connectivity index (χ3n) is 4.17. The van der Waals surface area contributed by atoms with Crippen LogP contribution in [0.1, 0.15) is 27.0 Å². The van der Waals surface area contributed by atoms with E-state index in [-0.39, 0.29) is 10.6 Å². The number of para-hydroxylation sites is 1. The average Bonchev–Trinajstić information content (AvgIpc) is 2.66. The van der Waals surface area contributed by atoms with E-state index in [1.54, 1.807) is 12.1 Å². The van der Waals surface area contributed by atoms with E-state index in [1.807, 2.05) is 24.3 Å². The van der Waals surface area contributed by atoms with Crippen LogP contribution in [0.3, 0.4) is 0 Å². The highest BCUT2D eigenvalue weighted by molar-refractivity contribution is 6.33. The summed E-state index contributed by atoms with van der Waals surface area (Å²) in [5, 5.41) is 12.5. The molecule has 0 unspecified atom stereocenters. The number of aromatic carboxylic acids is 1. The van der Waals surface area contributed by atoms with E-state index in [4.69, 9.17) is 21.4 Å². The standard InChI is InChI=1S/C22H20ClNO3/c1-15-6-8-16(9-7-15)14-27-21-5-3-2-4-17(21)13-24-18-10-11-19(22(25)26)20(23)12-18/h2-12,24H,13-14H2,1H3,(H,25,26). The summed E-state index contributed by atoms with van der Waals surface area (Å²) in [7, 11) is 0. The van der Waals surface area contributed by atoms with Crippen LogP contribution in [0.2, 0.25) is 5.02 Å². The number of anilines is 1. The quantitative estimate of drug-likeness (QED) is 0.564. The molecule has 0 aliphatic carbocycles. The Morgan fingerprint density at radius 3 is 2.52 bits per heavy atom. The van der Waals surface area contributed by atoms with E-state index in [0.29, 0.717) is 13.2 Å². The van der Waals surface area contributed by atoms with Gasteiger partial charge in [0.15, 0.2) is 0 Å². The summed E-state index contributed by atoms with van der Waals surface area (Å²) in [4.78, 5) is 11.0. The molecule has 0 aliphatic rings. The highest BCUT2D eigenvalue weighted by Crippen LogP contribution is 2.24. The topological polar surface area (TPSA) is 58.6 Å². The van der Waals surface area contributed by atoms with Crippen molar-refractivity contribution in [1.29, 1.82) is 0 Å². The Labute approximate surface area is 163 Å². The van der Waals surface area contributed by atoms with Crippen LogP contribution in [0.25, 0.3) is 0 Å². The highest BCUT2D eigenvalue weighted by atomic mass is 35.5. The number of carboxylic acid groups (broad SMARTS) is 1. The number of rotatable bonds is 7. The second kappa shape index (κ2) is 8.60. The van der Waals surface area contributed by atoms with E-state index in [9.17, 15) is 4.79 Å². The number of nitrogens with one attached hydrogen (secondary N) is 1. The molecule has 0 heterocycles. The summed E-state index contributed by atoms with van der Waals surface area (Å²) >= 11 is 6.02. The molecular formula is C22H20ClNO3. The molecule has 4 nitrogen and oxygen atoms in total. The molecule has 0 aliphatic heterocycles. The third kappa shape index (κ3) is 5.02. The number of ether oxygens (including phenoxy) is 1. The molecule has 0 saturated heterocycles. The average molecular weight is 382 g/mol. The molecule has 138 valence electrons. The van der Waals surface area contributed by atoms with Gasteiger partial charge in [0.2, 0.25) is 0 Å². The van der Waals surface area contributed by atoms with Crippen molar-refractivity contribution >= 4 is 23.3 Å². The maximum absolute atomic E-state index is 11.0. The number of hydrogen-bond donors (Lipinski definition) is 2. The SMILES string of the molecule is Cc1ccc(COc2ccccc2CNc2ccc(C(=O)O)c(Cl)c2)cc1. The molecule has 0 radical (unpaired) electrons. The van der Waals surface area contributed by atoms with Crippen molar-refractivity contribution in [2.45, 2.75) is 20.1 Å². The lowest BCUT2D eigenvalue weighted by Crippen LogP contribution is -2.04. The van der Waals surface area contributed by atoms with Gasteiger partial charge < -0.3 is 15.2 Å². The van der Waals surface area contributed by atoms with Gasteiger partial charge in [0.1, 0.15) is 12.4 Å². The van der Waals surface area contributed by atoms with Gasteiger partial charge in [-0.3, -0.25) is 0 Å². The maximum atomic E-state index is 11.0. The fourth-order valence-corrected chi connectivity index (χ4v) is 2.89. The van der Waals surface area contributed by atoms with Crippen molar-refractivity contribution < 1.29 is 14.6 Å². The smallest absolute Gasteiger partial charge is 0.337 e. The van der Waals surface area contributed by atoms with Crippen LogP contribution in [-0.2, 0) is 13.2 Å². The maximum Gasteiger partial charge on any atom is 0.337 e. The van der Waals surface area contributed by atoms with Gasteiger partial charge in [0.25, 0.3) is 0 Å². The molecule has 0 atom stereocenters. The van der Waals surface area contributed by atoms with Crippen LogP contribution in [0.5, 0.6) is 5.75 Å². The normalized spacial score (nSPS) is 10.4. The Kier molecular flexibility index (Phi) is 5.99. The van der Waals surface area contributed by atoms with Gasteiger partial charge in [0.05, 0.1) is 10.6 Å². The first-order valence-corrected chi connectivity index (χ1v) is 8.93. The molecule has 2 N–H and O–H groups in total. The Bertz CT molecular complexity index is 939. The number of benzene rings is 3. The fourth-order valence-electron chi connectivity index (χ4n) is 2.63. The molecule has 0 saturated carbocycles. The molecule has 0 amide bonds. The number of hydrogen-bond acceptors (Lipinski definition) is 3. The largest absolute Gasteiger partial charge is 0.489 e. The van der Waals surface area contributed by atoms with Crippen LogP contribution < -0.4 is 10.1 Å². The molecule has 5 heteroatoms. The van der Waals surface area contributed by atoms with Gasteiger partial charge in [-0.1, -0.05) is 59.6 Å². The first-order chi connectivity index (χ1) is 13.0. The zero-order valence-corrected chi connectivity index (χ0v) is 15.7. The van der Waals surface area contributed by atoms with E-state index in [0.717, 1.165) is 22.6 Å². The predicted octanol–water partition coefficient (Wildman–Crippen LogP) is 5.54. The van der Waals surface area contributed by atoms with Gasteiger partial charge in [0, 0.05) is 17.8 Å². The summed E-state index contributed by atoms with van der Waals surface area (Å²) in [6.07, 6.45) is 0. The molecular weight excluding hydrogens is 362 g/mol. The van der Waals surface area contributed by atoms with Crippen molar-refractivity contribution in [2.24, 2.45) is 0 Å². The molecule has 3 aromatic carbocycles. The second-order valence-electron chi connectivity index (χ2n) is 6.24. The summed E-state index contributed by atoms with van der Waals surface area (Å²) in [5.74, 6) is -0.236.